The van der Waals surface area contributed by atoms with E-state index in [0.717, 1.165) is 15.8 Å². The van der Waals surface area contributed by atoms with Crippen molar-refractivity contribution in [1.82, 2.24) is 0 Å². The summed E-state index contributed by atoms with van der Waals surface area (Å²) in [5.74, 6) is 0. The number of halogens is 1. The van der Waals surface area contributed by atoms with Crippen LogP contribution < -0.4 is 10.6 Å². The molecule has 3 N–H and O–H groups in total. The second kappa shape index (κ2) is 5.74. The van der Waals surface area contributed by atoms with Crippen molar-refractivity contribution in [2.75, 3.05) is 23.8 Å². The lowest BCUT2D eigenvalue weighted by atomic mass is 10.1. The molecule has 0 bridgehead atoms. The van der Waals surface area contributed by atoms with Crippen molar-refractivity contribution in [1.29, 1.82) is 0 Å². The zero-order valence-electron chi connectivity index (χ0n) is 9.90. The van der Waals surface area contributed by atoms with Gasteiger partial charge in [-0.15, -0.1) is 0 Å². The second-order valence-corrected chi connectivity index (χ2v) is 5.47. The Labute approximate surface area is 111 Å². The molecule has 1 aliphatic carbocycles. The summed E-state index contributed by atoms with van der Waals surface area (Å²) in [6, 6.07) is 6.50. The predicted molar refractivity (Wildman–Crippen MR) is 75.2 cm³/mol. The van der Waals surface area contributed by atoms with E-state index in [0.29, 0.717) is 12.6 Å². The third-order valence-electron chi connectivity index (χ3n) is 3.41. The molecule has 4 heteroatoms. The van der Waals surface area contributed by atoms with E-state index in [1.165, 1.54) is 25.7 Å². The van der Waals surface area contributed by atoms with Gasteiger partial charge < -0.3 is 15.7 Å². The molecule has 1 aromatic rings. The highest BCUT2D eigenvalue weighted by Crippen LogP contribution is 2.32. The van der Waals surface area contributed by atoms with Gasteiger partial charge in [0.2, 0.25) is 0 Å². The molecule has 1 aliphatic rings. The number of anilines is 2. The van der Waals surface area contributed by atoms with Crippen LogP contribution in [0.15, 0.2) is 22.7 Å². The molecule has 0 aromatic heterocycles. The van der Waals surface area contributed by atoms with Crippen LogP contribution >= 0.6 is 15.9 Å². The first-order valence-electron chi connectivity index (χ1n) is 6.15. The topological polar surface area (TPSA) is 49.5 Å². The van der Waals surface area contributed by atoms with E-state index in [1.807, 2.05) is 18.2 Å². The highest BCUT2D eigenvalue weighted by Gasteiger charge is 2.23. The fourth-order valence-corrected chi connectivity index (χ4v) is 2.99. The molecule has 2 rings (SSSR count). The van der Waals surface area contributed by atoms with Crippen LogP contribution in [0.2, 0.25) is 0 Å². The summed E-state index contributed by atoms with van der Waals surface area (Å²) < 4.78 is 0.995. The number of nitrogens with two attached hydrogens (primary N) is 1. The van der Waals surface area contributed by atoms with E-state index in [1.54, 1.807) is 0 Å². The lowest BCUT2D eigenvalue weighted by molar-refractivity contribution is 0.297. The quantitative estimate of drug-likeness (QED) is 0.841. The minimum atomic E-state index is 0.173. The van der Waals surface area contributed by atoms with E-state index in [9.17, 15) is 5.11 Å². The molecule has 0 atom stereocenters. The first kappa shape index (κ1) is 12.7. The maximum absolute atomic E-state index is 9.21. The van der Waals surface area contributed by atoms with Crippen molar-refractivity contribution < 1.29 is 5.11 Å². The Balaban J connectivity index is 2.24. The molecular formula is C13H19BrN2O. The van der Waals surface area contributed by atoms with E-state index in [-0.39, 0.29) is 6.61 Å². The molecule has 0 radical (unpaired) electrons. The number of aliphatic hydroxyl groups excluding tert-OH is 1. The molecule has 0 aliphatic heterocycles. The Morgan fingerprint density at radius 1 is 1.35 bits per heavy atom. The van der Waals surface area contributed by atoms with Gasteiger partial charge in [-0.25, -0.2) is 0 Å². The van der Waals surface area contributed by atoms with Gasteiger partial charge in [0.05, 0.1) is 18.0 Å². The van der Waals surface area contributed by atoms with Gasteiger partial charge in [-0.1, -0.05) is 28.8 Å². The number of rotatable bonds is 4. The third kappa shape index (κ3) is 2.93. The fourth-order valence-electron chi connectivity index (χ4n) is 2.61. The summed E-state index contributed by atoms with van der Waals surface area (Å²) in [4.78, 5) is 2.26. The van der Waals surface area contributed by atoms with Crippen LogP contribution in [0.1, 0.15) is 25.7 Å². The van der Waals surface area contributed by atoms with E-state index in [2.05, 4.69) is 20.8 Å². The third-order valence-corrected chi connectivity index (χ3v) is 3.90. The molecule has 94 valence electrons. The van der Waals surface area contributed by atoms with E-state index in [4.69, 9.17) is 5.73 Å². The zero-order valence-corrected chi connectivity index (χ0v) is 11.5. The molecule has 0 heterocycles. The summed E-state index contributed by atoms with van der Waals surface area (Å²) in [6.07, 6.45) is 4.97. The summed E-state index contributed by atoms with van der Waals surface area (Å²) in [5.41, 5.74) is 7.89. The first-order chi connectivity index (χ1) is 8.22. The van der Waals surface area contributed by atoms with Gasteiger partial charge in [0, 0.05) is 17.1 Å². The van der Waals surface area contributed by atoms with Crippen LogP contribution in [0, 0.1) is 0 Å². The zero-order chi connectivity index (χ0) is 12.3. The smallest absolute Gasteiger partial charge is 0.0606 e. The predicted octanol–water partition coefficient (Wildman–Crippen LogP) is 2.77. The van der Waals surface area contributed by atoms with Crippen LogP contribution in [0.4, 0.5) is 11.4 Å². The Hall–Kier alpha value is -0.740. The molecule has 17 heavy (non-hydrogen) atoms. The Morgan fingerprint density at radius 2 is 2.06 bits per heavy atom. The van der Waals surface area contributed by atoms with Crippen molar-refractivity contribution in [3.8, 4) is 0 Å². The van der Waals surface area contributed by atoms with Gasteiger partial charge in [0.25, 0.3) is 0 Å². The fraction of sp³-hybridized carbons (Fsp3) is 0.538. The average Bonchev–Trinajstić information content (AvgIpc) is 2.80. The number of aliphatic hydroxyl groups is 1. The van der Waals surface area contributed by atoms with Gasteiger partial charge in [-0.2, -0.15) is 0 Å². The number of benzene rings is 1. The number of nitrogens with zero attached hydrogens (tertiary/aromatic N) is 1. The van der Waals surface area contributed by atoms with Crippen molar-refractivity contribution >= 4 is 27.3 Å². The molecule has 3 nitrogen and oxygen atoms in total. The largest absolute Gasteiger partial charge is 0.397 e. The number of nitrogen functional groups attached to an aromatic ring is 1. The van der Waals surface area contributed by atoms with Crippen LogP contribution in [0.5, 0.6) is 0 Å². The van der Waals surface area contributed by atoms with Crippen molar-refractivity contribution in [2.45, 2.75) is 31.7 Å². The molecule has 0 amide bonds. The molecular weight excluding hydrogens is 280 g/mol. The minimum absolute atomic E-state index is 0.173. The molecule has 1 aromatic carbocycles. The van der Waals surface area contributed by atoms with Gasteiger partial charge in [-0.3, -0.25) is 0 Å². The molecule has 1 fully saturated rings. The Morgan fingerprint density at radius 3 is 2.65 bits per heavy atom. The monoisotopic (exact) mass is 298 g/mol. The van der Waals surface area contributed by atoms with Gasteiger partial charge in [0.1, 0.15) is 0 Å². The van der Waals surface area contributed by atoms with E-state index >= 15 is 0 Å². The highest BCUT2D eigenvalue weighted by atomic mass is 79.9. The summed E-state index contributed by atoms with van der Waals surface area (Å²) in [5, 5.41) is 9.21. The highest BCUT2D eigenvalue weighted by molar-refractivity contribution is 9.10. The maximum atomic E-state index is 9.21. The van der Waals surface area contributed by atoms with Crippen molar-refractivity contribution in [3.63, 3.8) is 0 Å². The number of hydrogen-bond donors (Lipinski definition) is 2. The summed E-state index contributed by atoms with van der Waals surface area (Å²) in [6.45, 7) is 0.836. The van der Waals surface area contributed by atoms with Gasteiger partial charge >= 0.3 is 0 Å². The maximum Gasteiger partial charge on any atom is 0.0606 e. The second-order valence-electron chi connectivity index (χ2n) is 4.56. The standard InChI is InChI=1S/C13H19BrN2O/c14-10-5-6-13(12(15)9-10)16(7-8-17)11-3-1-2-4-11/h5-6,9,11,17H,1-4,7-8,15H2. The summed E-state index contributed by atoms with van der Waals surface area (Å²) in [7, 11) is 0. The lowest BCUT2D eigenvalue weighted by Crippen LogP contribution is -2.36. The van der Waals surface area contributed by atoms with E-state index < -0.39 is 0 Å². The van der Waals surface area contributed by atoms with Crippen LogP contribution in [-0.4, -0.2) is 24.3 Å². The van der Waals surface area contributed by atoms with Crippen molar-refractivity contribution in [2.24, 2.45) is 0 Å². The van der Waals surface area contributed by atoms with Crippen LogP contribution in [-0.2, 0) is 0 Å². The Bertz CT molecular complexity index is 378. The lowest BCUT2D eigenvalue weighted by Gasteiger charge is -2.31. The molecule has 0 spiro atoms. The first-order valence-corrected chi connectivity index (χ1v) is 6.94. The van der Waals surface area contributed by atoms with Gasteiger partial charge in [-0.05, 0) is 31.0 Å². The van der Waals surface area contributed by atoms with Crippen LogP contribution in [0.3, 0.4) is 0 Å². The summed E-state index contributed by atoms with van der Waals surface area (Å²) >= 11 is 3.42. The Kier molecular flexibility index (Phi) is 4.29. The molecule has 1 saturated carbocycles. The minimum Gasteiger partial charge on any atom is -0.397 e. The van der Waals surface area contributed by atoms with Gasteiger partial charge in [0.15, 0.2) is 0 Å². The van der Waals surface area contributed by atoms with Crippen molar-refractivity contribution in [3.05, 3.63) is 22.7 Å². The van der Waals surface area contributed by atoms with Crippen LogP contribution in [0.25, 0.3) is 0 Å². The number of hydrogen-bond acceptors (Lipinski definition) is 3. The SMILES string of the molecule is Nc1cc(Br)ccc1N(CCO)C1CCCC1. The molecule has 0 unspecified atom stereocenters. The normalized spacial score (nSPS) is 16.4. The average molecular weight is 299 g/mol. The molecule has 0 saturated heterocycles.